The molecule has 0 aromatic heterocycles. The number of piperidine rings is 2. The number of hydrogen-bond donors (Lipinski definition) is 0. The maximum Gasteiger partial charge on any atom is 0.225 e. The number of carbonyl (C=O) groups is 2. The number of nitrogens with zero attached hydrogens (tertiary/aromatic N) is 2. The van der Waals surface area contributed by atoms with E-state index in [1.807, 2.05) is 9.80 Å². The fourth-order valence-electron chi connectivity index (χ4n) is 3.91. The molecule has 0 aliphatic carbocycles. The van der Waals surface area contributed by atoms with E-state index in [0.717, 1.165) is 58.3 Å². The van der Waals surface area contributed by atoms with Crippen LogP contribution in [-0.2, 0) is 16.0 Å². The van der Waals surface area contributed by atoms with Crippen LogP contribution in [0.1, 0.15) is 49.7 Å². The highest BCUT2D eigenvalue weighted by molar-refractivity contribution is 5.80. The van der Waals surface area contributed by atoms with Gasteiger partial charge in [0, 0.05) is 38.5 Å². The van der Waals surface area contributed by atoms with E-state index in [2.05, 4.69) is 31.2 Å². The Labute approximate surface area is 151 Å². The fraction of sp³-hybridized carbons (Fsp3) is 0.619. The number of carbonyl (C=O) groups excluding carboxylic acids is 2. The maximum absolute atomic E-state index is 12.6. The van der Waals surface area contributed by atoms with Crippen LogP contribution in [0.5, 0.6) is 0 Å². The molecule has 0 radical (unpaired) electrons. The molecule has 2 saturated heterocycles. The molecule has 0 bridgehead atoms. The van der Waals surface area contributed by atoms with Gasteiger partial charge in [-0.1, -0.05) is 29.8 Å². The minimum Gasteiger partial charge on any atom is -0.343 e. The predicted molar refractivity (Wildman–Crippen MR) is 99.2 cm³/mol. The van der Waals surface area contributed by atoms with E-state index in [4.69, 9.17) is 0 Å². The number of hydrogen-bond acceptors (Lipinski definition) is 2. The molecule has 2 aliphatic rings. The molecule has 2 heterocycles. The molecule has 2 aliphatic heterocycles. The number of likely N-dealkylation sites (tertiary alicyclic amines) is 2. The molecule has 4 heteroatoms. The summed E-state index contributed by atoms with van der Waals surface area (Å²) in [5.74, 6) is 0.676. The van der Waals surface area contributed by atoms with Gasteiger partial charge >= 0.3 is 0 Å². The van der Waals surface area contributed by atoms with Crippen LogP contribution in [0, 0.1) is 12.8 Å². The molecule has 1 aromatic rings. The minimum atomic E-state index is 0.124. The third-order valence-corrected chi connectivity index (χ3v) is 5.61. The summed E-state index contributed by atoms with van der Waals surface area (Å²) in [5, 5.41) is 0. The number of rotatable bonds is 4. The highest BCUT2D eigenvalue weighted by atomic mass is 16.2. The molecular formula is C21H30N2O2. The molecule has 4 nitrogen and oxygen atoms in total. The van der Waals surface area contributed by atoms with E-state index >= 15 is 0 Å². The van der Waals surface area contributed by atoms with Crippen LogP contribution in [0.25, 0.3) is 0 Å². The Morgan fingerprint density at radius 3 is 2.20 bits per heavy atom. The van der Waals surface area contributed by atoms with Crippen LogP contribution < -0.4 is 0 Å². The normalized spacial score (nSPS) is 19.1. The lowest BCUT2D eigenvalue weighted by Gasteiger charge is -2.35. The average Bonchev–Trinajstić information content (AvgIpc) is 2.67. The van der Waals surface area contributed by atoms with Gasteiger partial charge in [0.2, 0.25) is 11.8 Å². The van der Waals surface area contributed by atoms with Crippen molar-refractivity contribution in [3.8, 4) is 0 Å². The van der Waals surface area contributed by atoms with Crippen LogP contribution in [0.2, 0.25) is 0 Å². The van der Waals surface area contributed by atoms with E-state index in [0.29, 0.717) is 12.3 Å². The Morgan fingerprint density at radius 1 is 0.920 bits per heavy atom. The largest absolute Gasteiger partial charge is 0.343 e. The summed E-state index contributed by atoms with van der Waals surface area (Å²) in [4.78, 5) is 29.0. The summed E-state index contributed by atoms with van der Waals surface area (Å²) in [7, 11) is 0. The lowest BCUT2D eigenvalue weighted by atomic mass is 9.94. The van der Waals surface area contributed by atoms with Crippen LogP contribution >= 0.6 is 0 Å². The van der Waals surface area contributed by atoms with Gasteiger partial charge in [-0.25, -0.2) is 0 Å². The zero-order valence-corrected chi connectivity index (χ0v) is 15.4. The molecule has 0 saturated carbocycles. The molecule has 136 valence electrons. The lowest BCUT2D eigenvalue weighted by Crippen LogP contribution is -2.45. The topological polar surface area (TPSA) is 40.6 Å². The quantitative estimate of drug-likeness (QED) is 0.843. The van der Waals surface area contributed by atoms with Crippen molar-refractivity contribution in [3.05, 3.63) is 35.4 Å². The fourth-order valence-corrected chi connectivity index (χ4v) is 3.91. The molecule has 3 rings (SSSR count). The SMILES string of the molecule is Cc1ccc(CCC(=O)N2CCC(C(=O)N3CCCCC3)CC2)cc1. The first kappa shape index (κ1) is 18.0. The summed E-state index contributed by atoms with van der Waals surface area (Å²) in [5.41, 5.74) is 2.46. The van der Waals surface area contributed by atoms with Crippen LogP contribution in [0.4, 0.5) is 0 Å². The smallest absolute Gasteiger partial charge is 0.225 e. The highest BCUT2D eigenvalue weighted by Gasteiger charge is 2.30. The zero-order chi connectivity index (χ0) is 17.6. The third kappa shape index (κ3) is 4.83. The van der Waals surface area contributed by atoms with Crippen molar-refractivity contribution < 1.29 is 9.59 Å². The second-order valence-electron chi connectivity index (χ2n) is 7.53. The second kappa shape index (κ2) is 8.50. The highest BCUT2D eigenvalue weighted by Crippen LogP contribution is 2.22. The van der Waals surface area contributed by atoms with Crippen molar-refractivity contribution in [1.82, 2.24) is 9.80 Å². The number of amides is 2. The van der Waals surface area contributed by atoms with Crippen molar-refractivity contribution in [3.63, 3.8) is 0 Å². The molecule has 1 aromatic carbocycles. The Bertz CT molecular complexity index is 582. The van der Waals surface area contributed by atoms with Gasteiger partial charge in [-0.2, -0.15) is 0 Å². The summed E-state index contributed by atoms with van der Waals surface area (Å²) in [6.45, 7) is 5.39. The maximum atomic E-state index is 12.6. The van der Waals surface area contributed by atoms with E-state index in [1.165, 1.54) is 17.5 Å². The van der Waals surface area contributed by atoms with Crippen molar-refractivity contribution in [2.45, 2.75) is 51.9 Å². The summed E-state index contributed by atoms with van der Waals surface area (Å²) >= 11 is 0. The Kier molecular flexibility index (Phi) is 6.11. The first-order chi connectivity index (χ1) is 12.1. The monoisotopic (exact) mass is 342 g/mol. The van der Waals surface area contributed by atoms with Gasteiger partial charge < -0.3 is 9.80 Å². The minimum absolute atomic E-state index is 0.124. The lowest BCUT2D eigenvalue weighted by molar-refractivity contribution is -0.141. The molecule has 0 N–H and O–H groups in total. The van der Waals surface area contributed by atoms with Crippen molar-refractivity contribution in [1.29, 1.82) is 0 Å². The molecular weight excluding hydrogens is 312 g/mol. The summed E-state index contributed by atoms with van der Waals surface area (Å²) in [6, 6.07) is 8.40. The van der Waals surface area contributed by atoms with E-state index in [9.17, 15) is 9.59 Å². The summed E-state index contributed by atoms with van der Waals surface area (Å²) in [6.07, 6.45) is 6.54. The van der Waals surface area contributed by atoms with Gasteiger partial charge in [-0.05, 0) is 51.0 Å². The number of aryl methyl sites for hydroxylation is 2. The molecule has 0 unspecified atom stereocenters. The van der Waals surface area contributed by atoms with Crippen LogP contribution in [0.3, 0.4) is 0 Å². The Morgan fingerprint density at radius 2 is 1.56 bits per heavy atom. The zero-order valence-electron chi connectivity index (χ0n) is 15.4. The standard InChI is InChI=1S/C21H30N2O2/c1-17-5-7-18(8-6-17)9-10-20(24)22-15-11-19(12-16-22)21(25)23-13-3-2-4-14-23/h5-8,19H,2-4,9-16H2,1H3. The van der Waals surface area contributed by atoms with Gasteiger partial charge in [0.1, 0.15) is 0 Å². The summed E-state index contributed by atoms with van der Waals surface area (Å²) < 4.78 is 0. The molecule has 25 heavy (non-hydrogen) atoms. The first-order valence-corrected chi connectivity index (χ1v) is 9.75. The number of benzene rings is 1. The van der Waals surface area contributed by atoms with E-state index < -0.39 is 0 Å². The first-order valence-electron chi connectivity index (χ1n) is 9.75. The van der Waals surface area contributed by atoms with Crippen LogP contribution in [-0.4, -0.2) is 47.8 Å². The van der Waals surface area contributed by atoms with Gasteiger partial charge in [-0.15, -0.1) is 0 Å². The molecule has 0 spiro atoms. The van der Waals surface area contributed by atoms with Crippen molar-refractivity contribution in [2.75, 3.05) is 26.2 Å². The molecule has 0 atom stereocenters. The van der Waals surface area contributed by atoms with Crippen molar-refractivity contribution in [2.24, 2.45) is 5.92 Å². The van der Waals surface area contributed by atoms with E-state index in [1.54, 1.807) is 0 Å². The van der Waals surface area contributed by atoms with Gasteiger partial charge in [0.25, 0.3) is 0 Å². The third-order valence-electron chi connectivity index (χ3n) is 5.61. The molecule has 2 amide bonds. The molecule has 2 fully saturated rings. The van der Waals surface area contributed by atoms with Gasteiger partial charge in [-0.3, -0.25) is 9.59 Å². The van der Waals surface area contributed by atoms with Crippen molar-refractivity contribution >= 4 is 11.8 Å². The second-order valence-corrected chi connectivity index (χ2v) is 7.53. The average molecular weight is 342 g/mol. The van der Waals surface area contributed by atoms with Gasteiger partial charge in [0.05, 0.1) is 0 Å². The van der Waals surface area contributed by atoms with Gasteiger partial charge in [0.15, 0.2) is 0 Å². The van der Waals surface area contributed by atoms with Crippen LogP contribution in [0.15, 0.2) is 24.3 Å². The Hall–Kier alpha value is -1.84. The van der Waals surface area contributed by atoms with E-state index in [-0.39, 0.29) is 11.8 Å². The predicted octanol–water partition coefficient (Wildman–Crippen LogP) is 3.18. The Balaban J connectivity index is 1.42.